The lowest BCUT2D eigenvalue weighted by Crippen LogP contribution is -2.16. The molecule has 2 aromatic carbocycles. The van der Waals surface area contributed by atoms with Crippen molar-refractivity contribution in [3.8, 4) is 11.3 Å². The molecule has 0 saturated carbocycles. The largest absolute Gasteiger partial charge is 0.433 e. The van der Waals surface area contributed by atoms with Crippen molar-refractivity contribution in [2.45, 2.75) is 19.1 Å². The van der Waals surface area contributed by atoms with Crippen LogP contribution < -0.4 is 5.32 Å². The highest BCUT2D eigenvalue weighted by atomic mass is 19.4. The Labute approximate surface area is 176 Å². The normalized spacial score (nSPS) is 11.5. The van der Waals surface area contributed by atoms with Gasteiger partial charge >= 0.3 is 6.18 Å². The van der Waals surface area contributed by atoms with Gasteiger partial charge in [-0.2, -0.15) is 13.2 Å². The number of benzene rings is 2. The third-order valence-electron chi connectivity index (χ3n) is 4.54. The van der Waals surface area contributed by atoms with Gasteiger partial charge < -0.3 is 5.32 Å². The molecule has 158 valence electrons. The molecule has 0 radical (unpaired) electrons. The highest BCUT2D eigenvalue weighted by Crippen LogP contribution is 2.29. The van der Waals surface area contributed by atoms with Crippen LogP contribution in [0.25, 0.3) is 11.3 Å². The lowest BCUT2D eigenvalue weighted by Gasteiger charge is -2.12. The molecule has 31 heavy (non-hydrogen) atoms. The van der Waals surface area contributed by atoms with Gasteiger partial charge in [0.25, 0.3) is 0 Å². The van der Waals surface area contributed by atoms with Crippen molar-refractivity contribution in [1.82, 2.24) is 25.0 Å². The second kappa shape index (κ2) is 8.95. The molecule has 0 unspecified atom stereocenters. The number of anilines is 1. The molecule has 0 saturated heterocycles. The Morgan fingerprint density at radius 1 is 0.903 bits per heavy atom. The molecular formula is C22H19F3N6. The zero-order valence-electron chi connectivity index (χ0n) is 16.4. The molecule has 0 aliphatic rings. The maximum absolute atomic E-state index is 13.3. The van der Waals surface area contributed by atoms with Gasteiger partial charge in [0.2, 0.25) is 5.95 Å². The van der Waals surface area contributed by atoms with Crippen molar-refractivity contribution in [3.63, 3.8) is 0 Å². The number of rotatable bonds is 7. The highest BCUT2D eigenvalue weighted by Gasteiger charge is 2.33. The van der Waals surface area contributed by atoms with Crippen LogP contribution in [0.15, 0.2) is 72.9 Å². The van der Waals surface area contributed by atoms with Gasteiger partial charge in [0.1, 0.15) is 11.4 Å². The second-order valence-corrected chi connectivity index (χ2v) is 6.90. The summed E-state index contributed by atoms with van der Waals surface area (Å²) in [6.45, 7) is 0.449. The lowest BCUT2D eigenvalue weighted by atomic mass is 10.1. The lowest BCUT2D eigenvalue weighted by molar-refractivity contribution is -0.141. The van der Waals surface area contributed by atoms with Gasteiger partial charge in [0, 0.05) is 12.1 Å². The zero-order valence-corrected chi connectivity index (χ0v) is 16.4. The van der Waals surface area contributed by atoms with Gasteiger partial charge in [-0.05, 0) is 18.1 Å². The monoisotopic (exact) mass is 424 g/mol. The van der Waals surface area contributed by atoms with E-state index in [4.69, 9.17) is 0 Å². The zero-order chi connectivity index (χ0) is 21.7. The van der Waals surface area contributed by atoms with Crippen molar-refractivity contribution < 1.29 is 13.2 Å². The van der Waals surface area contributed by atoms with Crippen molar-refractivity contribution in [2.75, 3.05) is 11.9 Å². The van der Waals surface area contributed by atoms with E-state index in [-0.39, 0.29) is 18.2 Å². The first kappa shape index (κ1) is 20.5. The van der Waals surface area contributed by atoms with E-state index < -0.39 is 11.9 Å². The first-order valence-corrected chi connectivity index (χ1v) is 9.66. The molecule has 0 aliphatic carbocycles. The third-order valence-corrected chi connectivity index (χ3v) is 4.54. The fraction of sp³-hybridized carbons (Fsp3) is 0.182. The fourth-order valence-corrected chi connectivity index (χ4v) is 3.05. The average Bonchev–Trinajstić information content (AvgIpc) is 3.23. The van der Waals surface area contributed by atoms with E-state index in [2.05, 4.69) is 25.6 Å². The molecule has 0 aliphatic heterocycles. The minimum Gasteiger partial charge on any atom is -0.354 e. The van der Waals surface area contributed by atoms with E-state index >= 15 is 0 Å². The minimum absolute atomic E-state index is 0.0405. The summed E-state index contributed by atoms with van der Waals surface area (Å²) < 4.78 is 41.5. The van der Waals surface area contributed by atoms with E-state index in [1.165, 1.54) is 4.68 Å². The van der Waals surface area contributed by atoms with E-state index in [9.17, 15) is 13.2 Å². The molecule has 4 aromatic rings. The Morgan fingerprint density at radius 3 is 2.32 bits per heavy atom. The van der Waals surface area contributed by atoms with Crippen LogP contribution in [0.4, 0.5) is 19.1 Å². The maximum atomic E-state index is 13.3. The SMILES string of the molecule is FC(F)(F)c1cc(Cn2cc(-c3ccccc3)nn2)nc(NCCc2ccccc2)n1. The molecule has 0 spiro atoms. The number of alkyl halides is 3. The molecule has 6 nitrogen and oxygen atoms in total. The van der Waals surface area contributed by atoms with E-state index in [1.54, 1.807) is 6.20 Å². The third kappa shape index (κ3) is 5.44. The summed E-state index contributed by atoms with van der Waals surface area (Å²) in [4.78, 5) is 7.88. The standard InChI is InChI=1S/C22H19F3N6/c23-22(24,25)20-13-18(14-31-15-19(29-30-31)17-9-5-2-6-10-17)27-21(28-20)26-12-11-16-7-3-1-4-8-16/h1-10,13,15H,11-12,14H2,(H,26,27,28). The molecule has 0 atom stereocenters. The molecule has 9 heteroatoms. The van der Waals surface area contributed by atoms with Crippen LogP contribution in [0.2, 0.25) is 0 Å². The summed E-state index contributed by atoms with van der Waals surface area (Å²) in [6, 6.07) is 20.0. The number of aromatic nitrogens is 5. The Balaban J connectivity index is 1.51. The second-order valence-electron chi connectivity index (χ2n) is 6.90. The van der Waals surface area contributed by atoms with Crippen molar-refractivity contribution in [3.05, 3.63) is 89.9 Å². The number of hydrogen-bond acceptors (Lipinski definition) is 5. The predicted octanol–water partition coefficient (Wildman–Crippen LogP) is 4.46. The molecular weight excluding hydrogens is 405 g/mol. The van der Waals surface area contributed by atoms with Gasteiger partial charge in [-0.3, -0.25) is 0 Å². The molecule has 0 amide bonds. The van der Waals surface area contributed by atoms with Crippen LogP contribution in [0.5, 0.6) is 0 Å². The Bertz CT molecular complexity index is 1130. The number of halogens is 3. The summed E-state index contributed by atoms with van der Waals surface area (Å²) in [5.74, 6) is -0.0656. The molecule has 2 heterocycles. The van der Waals surface area contributed by atoms with E-state index in [0.717, 1.165) is 17.2 Å². The first-order valence-electron chi connectivity index (χ1n) is 9.66. The van der Waals surface area contributed by atoms with Crippen LogP contribution in [-0.2, 0) is 19.1 Å². The van der Waals surface area contributed by atoms with E-state index in [0.29, 0.717) is 18.7 Å². The van der Waals surface area contributed by atoms with Crippen molar-refractivity contribution in [1.29, 1.82) is 0 Å². The number of nitrogens with one attached hydrogen (secondary N) is 1. The maximum Gasteiger partial charge on any atom is 0.433 e. The number of hydrogen-bond donors (Lipinski definition) is 1. The summed E-state index contributed by atoms with van der Waals surface area (Å²) in [5, 5.41) is 11.0. The van der Waals surface area contributed by atoms with Crippen LogP contribution >= 0.6 is 0 Å². The van der Waals surface area contributed by atoms with Gasteiger partial charge in [-0.15, -0.1) is 5.10 Å². The van der Waals surface area contributed by atoms with Crippen molar-refractivity contribution >= 4 is 5.95 Å². The van der Waals surface area contributed by atoms with Crippen LogP contribution in [0.3, 0.4) is 0 Å². The minimum atomic E-state index is -4.58. The van der Waals surface area contributed by atoms with Gasteiger partial charge in [0.15, 0.2) is 0 Å². The highest BCUT2D eigenvalue weighted by molar-refractivity contribution is 5.57. The van der Waals surface area contributed by atoms with Crippen LogP contribution in [0, 0.1) is 0 Å². The Morgan fingerprint density at radius 2 is 1.61 bits per heavy atom. The van der Waals surface area contributed by atoms with Gasteiger partial charge in [-0.1, -0.05) is 65.9 Å². The smallest absolute Gasteiger partial charge is 0.354 e. The first-order chi connectivity index (χ1) is 15.0. The molecule has 0 fully saturated rings. The summed E-state index contributed by atoms with van der Waals surface area (Å²) in [7, 11) is 0. The Hall–Kier alpha value is -3.75. The predicted molar refractivity (Wildman–Crippen MR) is 110 cm³/mol. The summed E-state index contributed by atoms with van der Waals surface area (Å²) >= 11 is 0. The van der Waals surface area contributed by atoms with Crippen molar-refractivity contribution in [2.24, 2.45) is 0 Å². The van der Waals surface area contributed by atoms with Crippen LogP contribution in [0.1, 0.15) is 17.0 Å². The average molecular weight is 424 g/mol. The van der Waals surface area contributed by atoms with Crippen LogP contribution in [-0.4, -0.2) is 31.5 Å². The summed E-state index contributed by atoms with van der Waals surface area (Å²) in [6.07, 6.45) is -2.27. The summed E-state index contributed by atoms with van der Waals surface area (Å²) in [5.41, 5.74) is 1.76. The number of nitrogens with zero attached hydrogens (tertiary/aromatic N) is 5. The van der Waals surface area contributed by atoms with Gasteiger partial charge in [-0.25, -0.2) is 14.6 Å². The van der Waals surface area contributed by atoms with Gasteiger partial charge in [0.05, 0.1) is 18.4 Å². The molecule has 4 rings (SSSR count). The molecule has 2 aromatic heterocycles. The molecule has 1 N–H and O–H groups in total. The fourth-order valence-electron chi connectivity index (χ4n) is 3.05. The quantitative estimate of drug-likeness (QED) is 0.475. The molecule has 0 bridgehead atoms. The Kier molecular flexibility index (Phi) is 5.92. The van der Waals surface area contributed by atoms with E-state index in [1.807, 2.05) is 60.7 Å². The topological polar surface area (TPSA) is 68.5 Å².